The van der Waals surface area contributed by atoms with Gasteiger partial charge in [0.15, 0.2) is 6.29 Å². The molecule has 1 saturated heterocycles. The monoisotopic (exact) mass is 643 g/mol. The molecule has 2 aromatic rings. The molecule has 7 atom stereocenters. The Bertz CT molecular complexity index is 1360. The van der Waals surface area contributed by atoms with Crippen LogP contribution in [0.15, 0.2) is 48.5 Å². The Kier molecular flexibility index (Phi) is 11.7. The van der Waals surface area contributed by atoms with E-state index in [1.807, 2.05) is 48.5 Å². The van der Waals surface area contributed by atoms with Crippen molar-refractivity contribution in [2.24, 2.45) is 5.92 Å². The molecule has 0 spiro atoms. The fourth-order valence-corrected chi connectivity index (χ4v) is 5.68. The highest BCUT2D eigenvalue weighted by atomic mass is 16.7. The molecule has 1 unspecified atom stereocenters. The lowest BCUT2D eigenvalue weighted by atomic mass is 9.98. The van der Waals surface area contributed by atoms with Gasteiger partial charge in [-0.1, -0.05) is 62.4 Å². The molecule has 3 amide bonds. The Morgan fingerprint density at radius 3 is 2.07 bits per heavy atom. The molecule has 46 heavy (non-hydrogen) atoms. The number of carbonyl (C=O) groups excluding carboxylic acids is 3. The highest BCUT2D eigenvalue weighted by molar-refractivity contribution is 5.90. The zero-order valence-corrected chi connectivity index (χ0v) is 25.8. The van der Waals surface area contributed by atoms with Crippen LogP contribution in [0.4, 0.5) is 4.79 Å². The highest BCUT2D eigenvalue weighted by Gasteiger charge is 2.44. The van der Waals surface area contributed by atoms with Crippen LogP contribution in [0.1, 0.15) is 43.7 Å². The quantitative estimate of drug-likeness (QED) is 0.159. The highest BCUT2D eigenvalue weighted by Crippen LogP contribution is 2.44. The van der Waals surface area contributed by atoms with Crippen molar-refractivity contribution in [1.82, 2.24) is 16.0 Å². The number of hydrogen-bond acceptors (Lipinski definition) is 10. The number of ether oxygens (including phenoxy) is 3. The van der Waals surface area contributed by atoms with Crippen molar-refractivity contribution in [2.45, 2.75) is 75.4 Å². The van der Waals surface area contributed by atoms with Crippen molar-refractivity contribution in [3.8, 4) is 11.1 Å². The Morgan fingerprint density at radius 2 is 1.50 bits per heavy atom. The first-order valence-corrected chi connectivity index (χ1v) is 15.1. The number of aliphatic carboxylic acids is 1. The van der Waals surface area contributed by atoms with Crippen LogP contribution >= 0.6 is 0 Å². The molecule has 2 aromatic carbocycles. The van der Waals surface area contributed by atoms with E-state index in [2.05, 4.69) is 16.0 Å². The summed E-state index contributed by atoms with van der Waals surface area (Å²) in [6.07, 6.45) is -8.31. The first-order valence-electron chi connectivity index (χ1n) is 15.1. The summed E-state index contributed by atoms with van der Waals surface area (Å²) in [5, 5.41) is 47.1. The van der Waals surface area contributed by atoms with Gasteiger partial charge in [0.1, 0.15) is 43.1 Å². The number of carbonyl (C=O) groups is 4. The van der Waals surface area contributed by atoms with E-state index in [0.717, 1.165) is 22.3 Å². The van der Waals surface area contributed by atoms with E-state index in [9.17, 15) is 39.6 Å². The number of methoxy groups -OCH3 is 1. The van der Waals surface area contributed by atoms with E-state index in [1.54, 1.807) is 13.8 Å². The van der Waals surface area contributed by atoms with Gasteiger partial charge in [0.05, 0.1) is 0 Å². The van der Waals surface area contributed by atoms with E-state index in [4.69, 9.17) is 14.2 Å². The molecule has 250 valence electrons. The molecule has 0 radical (unpaired) electrons. The van der Waals surface area contributed by atoms with Gasteiger partial charge in [-0.05, 0) is 34.6 Å². The minimum Gasteiger partial charge on any atom is -0.480 e. The zero-order valence-electron chi connectivity index (χ0n) is 25.8. The maximum absolute atomic E-state index is 13.1. The second-order valence-corrected chi connectivity index (χ2v) is 11.7. The number of hydrogen-bond donors (Lipinski definition) is 7. The zero-order chi connectivity index (χ0) is 33.5. The average Bonchev–Trinajstić information content (AvgIpc) is 3.36. The molecule has 14 nitrogen and oxygen atoms in total. The molecule has 0 aromatic heterocycles. The average molecular weight is 644 g/mol. The Hall–Kier alpha value is -4.08. The molecule has 0 saturated carbocycles. The standard InChI is InChI=1S/C32H41N3O11/c1-16(2)25(35-32(43)45-15-21-19-10-6-4-8-17(19)18-9-5-7-11-20(18)21)29(40)34-22(30(41)42)12-13-24(36)33-14-23-26(37)27(38)28(39)31(44-3)46-23/h4-11,16,21-23,25-28,31,37-39H,12-15H2,1-3H3,(H,33,36)(H,34,40)(H,35,43)(H,41,42)/t22-,23+,25-,26+,27-,28+,31?/m0/s1. The van der Waals surface area contributed by atoms with Crippen LogP contribution in [0.5, 0.6) is 0 Å². The topological polar surface area (TPSA) is 213 Å². The Morgan fingerprint density at radius 1 is 0.891 bits per heavy atom. The first kappa shape index (κ1) is 34.8. The second kappa shape index (κ2) is 15.5. The van der Waals surface area contributed by atoms with Crippen LogP contribution in [0.2, 0.25) is 0 Å². The summed E-state index contributed by atoms with van der Waals surface area (Å²) in [6.45, 7) is 3.15. The molecule has 14 heteroatoms. The number of rotatable bonds is 13. The number of amides is 3. The molecule has 1 aliphatic carbocycles. The summed E-state index contributed by atoms with van der Waals surface area (Å²) >= 11 is 0. The molecular weight excluding hydrogens is 602 g/mol. The van der Waals surface area contributed by atoms with Crippen molar-refractivity contribution in [3.05, 3.63) is 59.7 Å². The SMILES string of the molecule is COC1O[C@H](CNC(=O)CC[C@H](NC(=O)[C@@H](NC(=O)OCC2c3ccccc3-c3ccccc32)C(C)C)C(=O)O)[C@@H](O)[C@H](O)[C@H]1O. The molecule has 2 aliphatic rings. The number of alkyl carbamates (subject to hydrolysis) is 1. The van der Waals surface area contributed by atoms with E-state index in [0.29, 0.717) is 0 Å². The normalized spacial score (nSPS) is 23.5. The third-order valence-corrected chi connectivity index (χ3v) is 8.24. The number of carboxylic acids is 1. The number of benzene rings is 2. The molecule has 1 aliphatic heterocycles. The van der Waals surface area contributed by atoms with Gasteiger partial charge in [-0.2, -0.15) is 0 Å². The molecule has 1 fully saturated rings. The van der Waals surface area contributed by atoms with E-state index in [-0.39, 0.29) is 31.9 Å². The largest absolute Gasteiger partial charge is 0.480 e. The summed E-state index contributed by atoms with van der Waals surface area (Å²) in [5.74, 6) is -3.35. The van der Waals surface area contributed by atoms with E-state index < -0.39 is 72.6 Å². The Balaban J connectivity index is 1.28. The lowest BCUT2D eigenvalue weighted by Crippen LogP contribution is -2.60. The van der Waals surface area contributed by atoms with Crippen LogP contribution in [0.3, 0.4) is 0 Å². The third-order valence-electron chi connectivity index (χ3n) is 8.24. The van der Waals surface area contributed by atoms with Crippen LogP contribution in [0.25, 0.3) is 11.1 Å². The van der Waals surface area contributed by atoms with Crippen molar-refractivity contribution in [3.63, 3.8) is 0 Å². The number of fused-ring (bicyclic) bond motifs is 3. The lowest BCUT2D eigenvalue weighted by molar-refractivity contribution is -0.288. The number of carboxylic acid groups (broad SMARTS) is 1. The minimum absolute atomic E-state index is 0.0355. The fourth-order valence-electron chi connectivity index (χ4n) is 5.68. The van der Waals surface area contributed by atoms with Crippen LogP contribution in [0, 0.1) is 5.92 Å². The summed E-state index contributed by atoms with van der Waals surface area (Å²) in [7, 11) is 1.24. The summed E-state index contributed by atoms with van der Waals surface area (Å²) in [5.41, 5.74) is 4.19. The predicted molar refractivity (Wildman–Crippen MR) is 162 cm³/mol. The Labute approximate surface area is 266 Å². The van der Waals surface area contributed by atoms with Gasteiger partial charge in [0.2, 0.25) is 11.8 Å². The third kappa shape index (κ3) is 8.00. The number of aliphatic hydroxyl groups is 3. The van der Waals surface area contributed by atoms with Gasteiger partial charge in [0.25, 0.3) is 0 Å². The lowest BCUT2D eigenvalue weighted by Gasteiger charge is -2.39. The van der Waals surface area contributed by atoms with Crippen LogP contribution < -0.4 is 16.0 Å². The van der Waals surface area contributed by atoms with Gasteiger partial charge < -0.3 is 50.6 Å². The van der Waals surface area contributed by atoms with Crippen LogP contribution in [-0.4, -0.2) is 107 Å². The first-order chi connectivity index (χ1) is 21.9. The predicted octanol–water partition coefficient (Wildman–Crippen LogP) is 0.470. The fraction of sp³-hybridized carbons (Fsp3) is 0.500. The summed E-state index contributed by atoms with van der Waals surface area (Å²) in [4.78, 5) is 50.3. The van der Waals surface area contributed by atoms with E-state index >= 15 is 0 Å². The summed E-state index contributed by atoms with van der Waals surface area (Å²) in [6, 6.07) is 13.2. The molecule has 1 heterocycles. The van der Waals surface area contributed by atoms with Gasteiger partial charge in [-0.25, -0.2) is 9.59 Å². The van der Waals surface area contributed by atoms with Crippen molar-refractivity contribution >= 4 is 23.9 Å². The second-order valence-electron chi connectivity index (χ2n) is 11.7. The van der Waals surface area contributed by atoms with Crippen molar-refractivity contribution < 1.29 is 53.8 Å². The van der Waals surface area contributed by atoms with Gasteiger partial charge in [-0.15, -0.1) is 0 Å². The summed E-state index contributed by atoms with van der Waals surface area (Å²) < 4.78 is 15.8. The number of aliphatic hydroxyl groups excluding tert-OH is 3. The molecule has 7 N–H and O–H groups in total. The van der Waals surface area contributed by atoms with E-state index in [1.165, 1.54) is 7.11 Å². The molecule has 0 bridgehead atoms. The van der Waals surface area contributed by atoms with Crippen molar-refractivity contribution in [1.29, 1.82) is 0 Å². The molecule has 4 rings (SSSR count). The molecular formula is C32H41N3O11. The van der Waals surface area contributed by atoms with Gasteiger partial charge in [-0.3, -0.25) is 9.59 Å². The smallest absolute Gasteiger partial charge is 0.407 e. The van der Waals surface area contributed by atoms with Crippen LogP contribution in [-0.2, 0) is 28.6 Å². The van der Waals surface area contributed by atoms with Gasteiger partial charge in [0, 0.05) is 26.0 Å². The van der Waals surface area contributed by atoms with Crippen molar-refractivity contribution in [2.75, 3.05) is 20.3 Å². The number of nitrogens with one attached hydrogen (secondary N) is 3. The minimum atomic E-state index is -1.57. The maximum atomic E-state index is 13.1. The van der Waals surface area contributed by atoms with Gasteiger partial charge >= 0.3 is 12.1 Å². The maximum Gasteiger partial charge on any atom is 0.407 e.